The molecule has 0 saturated heterocycles. The van der Waals surface area contributed by atoms with Crippen LogP contribution in [0.4, 0.5) is 5.69 Å². The lowest BCUT2D eigenvalue weighted by Crippen LogP contribution is -2.40. The standard InChI is InChI=1S/C20H28N2O3S/c1-12-8-17-11-16(6-7-19(17)22(12)26(3,24)25)20(23)21-13(2)18-10-14-4-5-15(18)9-14/h6-7,11-15,18H,4-5,8-10H2,1-3H3,(H,21,23). The van der Waals surface area contributed by atoms with Gasteiger partial charge in [0.05, 0.1) is 11.9 Å². The number of nitrogens with zero attached hydrogens (tertiary/aromatic N) is 1. The number of hydrogen-bond donors (Lipinski definition) is 1. The Morgan fingerprint density at radius 2 is 2.04 bits per heavy atom. The molecule has 2 saturated carbocycles. The van der Waals surface area contributed by atoms with E-state index in [-0.39, 0.29) is 18.0 Å². The summed E-state index contributed by atoms with van der Waals surface area (Å²) >= 11 is 0. The van der Waals surface area contributed by atoms with E-state index in [1.807, 2.05) is 13.0 Å². The highest BCUT2D eigenvalue weighted by Crippen LogP contribution is 2.49. The highest BCUT2D eigenvalue weighted by molar-refractivity contribution is 7.92. The van der Waals surface area contributed by atoms with Crippen molar-refractivity contribution in [3.63, 3.8) is 0 Å². The molecule has 26 heavy (non-hydrogen) atoms. The van der Waals surface area contributed by atoms with Crippen molar-refractivity contribution in [1.82, 2.24) is 5.32 Å². The number of hydrogen-bond acceptors (Lipinski definition) is 3. The molecule has 6 heteroatoms. The number of nitrogens with one attached hydrogen (secondary N) is 1. The maximum atomic E-state index is 12.7. The Hall–Kier alpha value is -1.56. The molecule has 2 bridgehead atoms. The van der Waals surface area contributed by atoms with Gasteiger partial charge in [-0.05, 0) is 81.0 Å². The van der Waals surface area contributed by atoms with E-state index in [0.29, 0.717) is 23.6 Å². The molecule has 2 aliphatic carbocycles. The summed E-state index contributed by atoms with van der Waals surface area (Å²) in [5.74, 6) is 2.20. The van der Waals surface area contributed by atoms with Gasteiger partial charge in [0.25, 0.3) is 5.91 Å². The molecule has 1 aromatic rings. The molecule has 1 N–H and O–H groups in total. The van der Waals surface area contributed by atoms with Crippen molar-refractivity contribution in [1.29, 1.82) is 0 Å². The zero-order valence-corrected chi connectivity index (χ0v) is 16.6. The van der Waals surface area contributed by atoms with Gasteiger partial charge in [0.2, 0.25) is 10.0 Å². The second kappa shape index (κ2) is 6.25. The van der Waals surface area contributed by atoms with Gasteiger partial charge in [-0.25, -0.2) is 8.42 Å². The van der Waals surface area contributed by atoms with Crippen LogP contribution in [-0.2, 0) is 16.4 Å². The van der Waals surface area contributed by atoms with Crippen molar-refractivity contribution in [3.8, 4) is 0 Å². The van der Waals surface area contributed by atoms with Crippen molar-refractivity contribution < 1.29 is 13.2 Å². The van der Waals surface area contributed by atoms with Gasteiger partial charge in [-0.3, -0.25) is 9.10 Å². The first-order valence-electron chi connectivity index (χ1n) is 9.67. The highest BCUT2D eigenvalue weighted by atomic mass is 32.2. The van der Waals surface area contributed by atoms with E-state index < -0.39 is 10.0 Å². The summed E-state index contributed by atoms with van der Waals surface area (Å²) in [6.07, 6.45) is 7.14. The van der Waals surface area contributed by atoms with E-state index in [4.69, 9.17) is 0 Å². The number of rotatable bonds is 4. The number of carbonyl (C=O) groups is 1. The normalized spacial score (nSPS) is 31.1. The summed E-state index contributed by atoms with van der Waals surface area (Å²) in [5, 5.41) is 3.20. The minimum Gasteiger partial charge on any atom is -0.349 e. The van der Waals surface area contributed by atoms with Crippen LogP contribution in [0.3, 0.4) is 0 Å². The lowest BCUT2D eigenvalue weighted by molar-refractivity contribution is 0.0915. The van der Waals surface area contributed by atoms with Gasteiger partial charge >= 0.3 is 0 Å². The van der Waals surface area contributed by atoms with Crippen molar-refractivity contribution in [2.24, 2.45) is 17.8 Å². The molecule has 5 unspecified atom stereocenters. The van der Waals surface area contributed by atoms with Crippen LogP contribution < -0.4 is 9.62 Å². The minimum atomic E-state index is -3.30. The van der Waals surface area contributed by atoms with Crippen LogP contribution in [0.15, 0.2) is 18.2 Å². The van der Waals surface area contributed by atoms with Crippen molar-refractivity contribution >= 4 is 21.6 Å². The molecule has 1 aliphatic heterocycles. The summed E-state index contributed by atoms with van der Waals surface area (Å²) in [4.78, 5) is 12.7. The molecule has 2 fully saturated rings. The zero-order valence-electron chi connectivity index (χ0n) is 15.7. The van der Waals surface area contributed by atoms with Crippen molar-refractivity contribution in [2.75, 3.05) is 10.6 Å². The minimum absolute atomic E-state index is 0.0477. The third-order valence-electron chi connectivity index (χ3n) is 6.65. The SMILES string of the molecule is CC(NC(=O)c1ccc2c(c1)CC(C)N2S(C)(=O)=O)C1CC2CCC1C2. The second-order valence-corrected chi connectivity index (χ2v) is 10.4. The van der Waals surface area contributed by atoms with E-state index in [2.05, 4.69) is 12.2 Å². The molecule has 3 aliphatic rings. The highest BCUT2D eigenvalue weighted by Gasteiger charge is 2.42. The first-order chi connectivity index (χ1) is 12.2. The summed E-state index contributed by atoms with van der Waals surface area (Å²) in [6.45, 7) is 4.03. The fourth-order valence-corrected chi connectivity index (χ4v) is 6.82. The number of benzene rings is 1. The lowest BCUT2D eigenvalue weighted by atomic mass is 9.84. The summed E-state index contributed by atoms with van der Waals surface area (Å²) < 4.78 is 25.5. The molecule has 1 heterocycles. The smallest absolute Gasteiger partial charge is 0.251 e. The van der Waals surface area contributed by atoms with Gasteiger partial charge in [-0.15, -0.1) is 0 Å². The monoisotopic (exact) mass is 376 g/mol. The van der Waals surface area contributed by atoms with E-state index in [1.165, 1.54) is 36.2 Å². The van der Waals surface area contributed by atoms with Crippen LogP contribution in [0.25, 0.3) is 0 Å². The zero-order chi connectivity index (χ0) is 18.6. The predicted molar refractivity (Wildman–Crippen MR) is 103 cm³/mol. The maximum absolute atomic E-state index is 12.7. The number of anilines is 1. The molecule has 1 amide bonds. The maximum Gasteiger partial charge on any atom is 0.251 e. The number of fused-ring (bicyclic) bond motifs is 3. The van der Waals surface area contributed by atoms with E-state index >= 15 is 0 Å². The largest absolute Gasteiger partial charge is 0.349 e. The van der Waals surface area contributed by atoms with Crippen LogP contribution in [0, 0.1) is 17.8 Å². The van der Waals surface area contributed by atoms with Gasteiger partial charge in [0.15, 0.2) is 0 Å². The summed E-state index contributed by atoms with van der Waals surface area (Å²) in [6, 6.07) is 5.47. The molecule has 0 spiro atoms. The molecule has 5 nitrogen and oxygen atoms in total. The van der Waals surface area contributed by atoms with Gasteiger partial charge in [-0.1, -0.05) is 6.42 Å². The molecule has 5 atom stereocenters. The Kier molecular flexibility index (Phi) is 4.29. The Bertz CT molecular complexity index is 835. The van der Waals surface area contributed by atoms with Crippen LogP contribution in [0.5, 0.6) is 0 Å². The first-order valence-corrected chi connectivity index (χ1v) is 11.5. The van der Waals surface area contributed by atoms with E-state index in [9.17, 15) is 13.2 Å². The third-order valence-corrected chi connectivity index (χ3v) is 7.92. The van der Waals surface area contributed by atoms with Crippen molar-refractivity contribution in [3.05, 3.63) is 29.3 Å². The molecule has 0 radical (unpaired) electrons. The van der Waals surface area contributed by atoms with Crippen molar-refractivity contribution in [2.45, 2.75) is 58.0 Å². The van der Waals surface area contributed by atoms with Crippen LogP contribution in [0.2, 0.25) is 0 Å². The average Bonchev–Trinajstić information content (AvgIpc) is 3.25. The Morgan fingerprint density at radius 1 is 1.27 bits per heavy atom. The fourth-order valence-electron chi connectivity index (χ4n) is 5.55. The van der Waals surface area contributed by atoms with Crippen LogP contribution >= 0.6 is 0 Å². The predicted octanol–water partition coefficient (Wildman–Crippen LogP) is 2.95. The van der Waals surface area contributed by atoms with Gasteiger partial charge in [0.1, 0.15) is 0 Å². The summed E-state index contributed by atoms with van der Waals surface area (Å²) in [5.41, 5.74) is 2.27. The third kappa shape index (κ3) is 3.02. The van der Waals surface area contributed by atoms with Gasteiger partial charge < -0.3 is 5.32 Å². The van der Waals surface area contributed by atoms with Gasteiger partial charge in [0, 0.05) is 17.6 Å². The van der Waals surface area contributed by atoms with Crippen LogP contribution in [0.1, 0.15) is 55.5 Å². The van der Waals surface area contributed by atoms with E-state index in [0.717, 1.165) is 17.4 Å². The lowest BCUT2D eigenvalue weighted by Gasteiger charge is -2.28. The number of sulfonamides is 1. The molecule has 142 valence electrons. The molecule has 0 aromatic heterocycles. The van der Waals surface area contributed by atoms with E-state index in [1.54, 1.807) is 12.1 Å². The number of amides is 1. The van der Waals surface area contributed by atoms with Gasteiger partial charge in [-0.2, -0.15) is 0 Å². The Labute approximate surface area is 156 Å². The fraction of sp³-hybridized carbons (Fsp3) is 0.650. The topological polar surface area (TPSA) is 66.5 Å². The molecule has 4 rings (SSSR count). The molecule has 1 aromatic carbocycles. The van der Waals surface area contributed by atoms with Crippen LogP contribution in [-0.4, -0.2) is 32.7 Å². The second-order valence-electron chi connectivity index (χ2n) is 8.56. The molecular formula is C20H28N2O3S. The quantitative estimate of drug-likeness (QED) is 0.879. The number of carbonyl (C=O) groups excluding carboxylic acids is 1. The Balaban J connectivity index is 1.49. The summed E-state index contributed by atoms with van der Waals surface area (Å²) in [7, 11) is -3.30. The average molecular weight is 377 g/mol. The first kappa shape index (κ1) is 17.8. The Morgan fingerprint density at radius 3 is 2.65 bits per heavy atom. The molecular weight excluding hydrogens is 348 g/mol.